The number of furan rings is 1. The van der Waals surface area contributed by atoms with E-state index in [2.05, 4.69) is 10.6 Å². The van der Waals surface area contributed by atoms with Crippen molar-refractivity contribution < 1.29 is 9.15 Å². The Morgan fingerprint density at radius 1 is 1.27 bits per heavy atom. The van der Waals surface area contributed by atoms with Gasteiger partial charge in [-0.05, 0) is 13.0 Å². The zero-order valence-electron chi connectivity index (χ0n) is 9.51. The normalized spacial score (nSPS) is 10.8. The third-order valence-corrected chi connectivity index (χ3v) is 2.24. The van der Waals surface area contributed by atoms with Crippen molar-refractivity contribution in [2.24, 2.45) is 0 Å². The van der Waals surface area contributed by atoms with Gasteiger partial charge in [0.2, 0.25) is 0 Å². The van der Waals surface area contributed by atoms with Crippen molar-refractivity contribution in [1.29, 1.82) is 0 Å². The summed E-state index contributed by atoms with van der Waals surface area (Å²) in [6.07, 6.45) is 1.73. The highest BCUT2D eigenvalue weighted by atomic mass is 16.5. The second-order valence-corrected chi connectivity index (χ2v) is 3.42. The first-order valence-electron chi connectivity index (χ1n) is 5.28. The van der Waals surface area contributed by atoms with Crippen molar-refractivity contribution in [3.63, 3.8) is 0 Å². The van der Waals surface area contributed by atoms with Gasteiger partial charge in [-0.1, -0.05) is 0 Å². The van der Waals surface area contributed by atoms with E-state index in [-0.39, 0.29) is 0 Å². The Morgan fingerprint density at radius 3 is 2.73 bits per heavy atom. The molecule has 0 atom stereocenters. The van der Waals surface area contributed by atoms with Crippen LogP contribution >= 0.6 is 0 Å². The minimum atomic E-state index is 0.765. The van der Waals surface area contributed by atoms with Crippen molar-refractivity contribution in [2.45, 2.75) is 13.5 Å². The van der Waals surface area contributed by atoms with Gasteiger partial charge in [0.05, 0.1) is 12.9 Å². The van der Waals surface area contributed by atoms with E-state index in [1.54, 1.807) is 13.4 Å². The molecule has 0 radical (unpaired) electrons. The average molecular weight is 212 g/mol. The Labute approximate surface area is 91.0 Å². The average Bonchev–Trinajstić information content (AvgIpc) is 2.63. The Morgan fingerprint density at radius 2 is 2.07 bits per heavy atom. The van der Waals surface area contributed by atoms with Gasteiger partial charge in [-0.15, -0.1) is 0 Å². The predicted molar refractivity (Wildman–Crippen MR) is 59.9 cm³/mol. The van der Waals surface area contributed by atoms with Crippen LogP contribution in [0.2, 0.25) is 0 Å². The van der Waals surface area contributed by atoms with Crippen LogP contribution in [0.3, 0.4) is 0 Å². The minimum absolute atomic E-state index is 0.765. The summed E-state index contributed by atoms with van der Waals surface area (Å²) >= 11 is 0. The summed E-state index contributed by atoms with van der Waals surface area (Å²) in [5.41, 5.74) is 1.23. The van der Waals surface area contributed by atoms with Crippen LogP contribution in [0.1, 0.15) is 11.3 Å². The second kappa shape index (κ2) is 7.45. The van der Waals surface area contributed by atoms with Crippen molar-refractivity contribution in [2.75, 3.05) is 33.4 Å². The third-order valence-electron chi connectivity index (χ3n) is 2.24. The molecule has 0 aliphatic heterocycles. The monoisotopic (exact) mass is 212 g/mol. The van der Waals surface area contributed by atoms with Gasteiger partial charge in [0.15, 0.2) is 0 Å². The number of hydrogen-bond donors (Lipinski definition) is 2. The molecule has 15 heavy (non-hydrogen) atoms. The summed E-state index contributed by atoms with van der Waals surface area (Å²) in [6.45, 7) is 6.43. The lowest BCUT2D eigenvalue weighted by Gasteiger charge is -2.05. The van der Waals surface area contributed by atoms with Crippen LogP contribution in [0.4, 0.5) is 0 Å². The molecule has 1 aromatic heterocycles. The minimum Gasteiger partial charge on any atom is -0.469 e. The van der Waals surface area contributed by atoms with Crippen LogP contribution in [0.5, 0.6) is 0 Å². The lowest BCUT2D eigenvalue weighted by atomic mass is 10.2. The molecule has 86 valence electrons. The fraction of sp³-hybridized carbons (Fsp3) is 0.636. The summed E-state index contributed by atoms with van der Waals surface area (Å²) in [7, 11) is 1.71. The molecule has 1 rings (SSSR count). The number of methoxy groups -OCH3 is 1. The molecule has 0 spiro atoms. The first-order chi connectivity index (χ1) is 7.34. The second-order valence-electron chi connectivity index (χ2n) is 3.42. The number of nitrogens with one attached hydrogen (secondary N) is 2. The van der Waals surface area contributed by atoms with Gasteiger partial charge in [0.25, 0.3) is 0 Å². The van der Waals surface area contributed by atoms with E-state index in [0.717, 1.165) is 38.5 Å². The van der Waals surface area contributed by atoms with Crippen LogP contribution in [0.15, 0.2) is 16.7 Å². The standard InChI is InChI=1S/C11H20N2O2/c1-10-11(3-7-15-10)9-13-5-4-12-6-8-14-2/h3,7,12-13H,4-6,8-9H2,1-2H3. The maximum atomic E-state index is 5.20. The van der Waals surface area contributed by atoms with E-state index in [4.69, 9.17) is 9.15 Å². The summed E-state index contributed by atoms with van der Waals surface area (Å²) in [5, 5.41) is 6.61. The van der Waals surface area contributed by atoms with Gasteiger partial charge in [-0.3, -0.25) is 0 Å². The van der Waals surface area contributed by atoms with Crippen molar-refractivity contribution in [1.82, 2.24) is 10.6 Å². The number of ether oxygens (including phenoxy) is 1. The highest BCUT2D eigenvalue weighted by molar-refractivity contribution is 5.14. The molecular weight excluding hydrogens is 192 g/mol. The zero-order valence-corrected chi connectivity index (χ0v) is 9.51. The van der Waals surface area contributed by atoms with Crippen LogP contribution in [0, 0.1) is 6.92 Å². The quantitative estimate of drug-likeness (QED) is 0.629. The molecule has 0 aromatic carbocycles. The fourth-order valence-corrected chi connectivity index (χ4v) is 1.29. The Balaban J connectivity index is 1.96. The summed E-state index contributed by atoms with van der Waals surface area (Å²) < 4.78 is 10.1. The predicted octanol–water partition coefficient (Wildman–Crippen LogP) is 0.914. The molecule has 1 heterocycles. The summed E-state index contributed by atoms with van der Waals surface area (Å²) in [4.78, 5) is 0. The molecule has 0 aliphatic carbocycles. The van der Waals surface area contributed by atoms with Gasteiger partial charge in [-0.25, -0.2) is 0 Å². The number of hydrogen-bond acceptors (Lipinski definition) is 4. The van der Waals surface area contributed by atoms with E-state index >= 15 is 0 Å². The molecule has 4 nitrogen and oxygen atoms in total. The van der Waals surface area contributed by atoms with Gasteiger partial charge in [0, 0.05) is 38.9 Å². The van der Waals surface area contributed by atoms with Gasteiger partial charge < -0.3 is 19.8 Å². The van der Waals surface area contributed by atoms with Crippen LogP contribution < -0.4 is 10.6 Å². The molecule has 1 aromatic rings. The first kappa shape index (κ1) is 12.2. The van der Waals surface area contributed by atoms with E-state index < -0.39 is 0 Å². The summed E-state index contributed by atoms with van der Waals surface area (Å²) in [6, 6.07) is 2.00. The van der Waals surface area contributed by atoms with Crippen LogP contribution in [-0.2, 0) is 11.3 Å². The van der Waals surface area contributed by atoms with Crippen LogP contribution in [-0.4, -0.2) is 33.4 Å². The highest BCUT2D eigenvalue weighted by Gasteiger charge is 1.99. The zero-order chi connectivity index (χ0) is 10.9. The molecular formula is C11H20N2O2. The fourth-order valence-electron chi connectivity index (χ4n) is 1.29. The first-order valence-corrected chi connectivity index (χ1v) is 5.28. The SMILES string of the molecule is COCCNCCNCc1ccoc1C. The van der Waals surface area contributed by atoms with Gasteiger partial charge in [0.1, 0.15) is 5.76 Å². The Kier molecular flexibility index (Phi) is 6.08. The van der Waals surface area contributed by atoms with Crippen LogP contribution in [0.25, 0.3) is 0 Å². The molecule has 0 amide bonds. The third kappa shape index (κ3) is 4.97. The van der Waals surface area contributed by atoms with E-state index in [1.165, 1.54) is 5.56 Å². The maximum Gasteiger partial charge on any atom is 0.105 e. The molecule has 0 unspecified atom stereocenters. The lowest BCUT2D eigenvalue weighted by molar-refractivity contribution is 0.199. The van der Waals surface area contributed by atoms with Crippen molar-refractivity contribution in [3.8, 4) is 0 Å². The molecule has 0 saturated carbocycles. The molecule has 0 saturated heterocycles. The maximum absolute atomic E-state index is 5.20. The summed E-state index contributed by atoms with van der Waals surface area (Å²) in [5.74, 6) is 0.995. The molecule has 0 aliphatic rings. The highest BCUT2D eigenvalue weighted by Crippen LogP contribution is 2.07. The Hall–Kier alpha value is -0.840. The topological polar surface area (TPSA) is 46.4 Å². The van der Waals surface area contributed by atoms with Crippen molar-refractivity contribution >= 4 is 0 Å². The molecule has 0 fully saturated rings. The molecule has 0 bridgehead atoms. The smallest absolute Gasteiger partial charge is 0.105 e. The number of aryl methyl sites for hydroxylation is 1. The Bertz CT molecular complexity index is 261. The van der Waals surface area contributed by atoms with Crippen molar-refractivity contribution in [3.05, 3.63) is 23.7 Å². The van der Waals surface area contributed by atoms with E-state index in [0.29, 0.717) is 0 Å². The lowest BCUT2D eigenvalue weighted by Crippen LogP contribution is -2.29. The van der Waals surface area contributed by atoms with Gasteiger partial charge in [-0.2, -0.15) is 0 Å². The molecule has 4 heteroatoms. The van der Waals surface area contributed by atoms with Gasteiger partial charge >= 0.3 is 0 Å². The van der Waals surface area contributed by atoms with E-state index in [1.807, 2.05) is 13.0 Å². The largest absolute Gasteiger partial charge is 0.469 e. The molecule has 2 N–H and O–H groups in total. The number of rotatable bonds is 8. The van der Waals surface area contributed by atoms with E-state index in [9.17, 15) is 0 Å².